The summed E-state index contributed by atoms with van der Waals surface area (Å²) in [7, 11) is 0. The van der Waals surface area contributed by atoms with Gasteiger partial charge in [-0.2, -0.15) is 4.39 Å². The van der Waals surface area contributed by atoms with Crippen molar-refractivity contribution < 1.29 is 13.6 Å². The highest BCUT2D eigenvalue weighted by atomic mass is 19.1. The second-order valence-electron chi connectivity index (χ2n) is 8.78. The molecule has 0 saturated heterocycles. The normalized spacial score (nSPS) is 26.2. The van der Waals surface area contributed by atoms with Crippen LogP contribution in [0.2, 0.25) is 0 Å². The van der Waals surface area contributed by atoms with E-state index in [0.29, 0.717) is 43.4 Å². The van der Waals surface area contributed by atoms with Crippen LogP contribution >= 0.6 is 0 Å². The highest BCUT2D eigenvalue weighted by Crippen LogP contribution is 2.41. The van der Waals surface area contributed by atoms with Crippen LogP contribution in [-0.4, -0.2) is 34.2 Å². The Labute approximate surface area is 169 Å². The molecule has 7 nitrogen and oxygen atoms in total. The van der Waals surface area contributed by atoms with Crippen LogP contribution in [0, 0.1) is 23.7 Å². The third kappa shape index (κ3) is 5.32. The molecule has 4 N–H and O–H groups in total. The minimum atomic E-state index is -0.753. The van der Waals surface area contributed by atoms with Crippen molar-refractivity contribution in [2.45, 2.75) is 70.0 Å². The zero-order valence-corrected chi connectivity index (χ0v) is 16.6. The molecule has 1 aromatic heterocycles. The first-order chi connectivity index (χ1) is 14.0. The number of nitrogens with two attached hydrogens (primary N) is 1. The number of halogens is 2. The molecular weight excluding hydrogens is 378 g/mol. The summed E-state index contributed by atoms with van der Waals surface area (Å²) in [6, 6.07) is -0.251. The molecule has 3 aliphatic carbocycles. The number of hydrogen-bond acceptors (Lipinski definition) is 4. The number of aliphatic imine (C=N–C) groups is 1. The molecule has 1 amide bonds. The largest absolute Gasteiger partial charge is 0.321 e. The minimum Gasteiger partial charge on any atom is -0.321 e. The van der Waals surface area contributed by atoms with Gasteiger partial charge in [-0.25, -0.2) is 10.2 Å². The van der Waals surface area contributed by atoms with Crippen molar-refractivity contribution in [2.24, 2.45) is 28.6 Å². The molecule has 1 unspecified atom stereocenters. The number of nitrogens with one attached hydrogen (secondary N) is 2. The van der Waals surface area contributed by atoms with Crippen LogP contribution in [0.25, 0.3) is 0 Å². The van der Waals surface area contributed by atoms with Crippen molar-refractivity contribution in [1.82, 2.24) is 15.2 Å². The van der Waals surface area contributed by atoms with Gasteiger partial charge in [-0.1, -0.05) is 0 Å². The fraction of sp³-hybridized carbons (Fsp3) is 0.750. The van der Waals surface area contributed by atoms with E-state index in [4.69, 9.17) is 5.84 Å². The SMILES string of the molecule is NNC(=NCC1CC1)C(C1CC1)n1cc(NC(=O)CC2CCC(F)CC2)c(F)n1. The summed E-state index contributed by atoms with van der Waals surface area (Å²) in [6.07, 6.45) is 7.85. The lowest BCUT2D eigenvalue weighted by molar-refractivity contribution is -0.117. The molecule has 0 radical (unpaired) electrons. The van der Waals surface area contributed by atoms with Gasteiger partial charge in [-0.05, 0) is 69.1 Å². The third-order valence-corrected chi connectivity index (χ3v) is 6.21. The molecule has 4 rings (SSSR count). The Hall–Kier alpha value is -2.03. The second-order valence-corrected chi connectivity index (χ2v) is 8.78. The first-order valence-corrected chi connectivity index (χ1v) is 10.7. The maximum absolute atomic E-state index is 14.4. The van der Waals surface area contributed by atoms with Crippen LogP contribution < -0.4 is 16.6 Å². The Morgan fingerprint density at radius 2 is 1.90 bits per heavy atom. The molecule has 29 heavy (non-hydrogen) atoms. The van der Waals surface area contributed by atoms with Crippen molar-refractivity contribution in [3.05, 3.63) is 12.1 Å². The lowest BCUT2D eigenvalue weighted by Crippen LogP contribution is -2.39. The third-order valence-electron chi connectivity index (χ3n) is 6.21. The zero-order chi connectivity index (χ0) is 20.4. The molecule has 3 saturated carbocycles. The molecule has 160 valence electrons. The summed E-state index contributed by atoms with van der Waals surface area (Å²) in [5, 5.41) is 6.64. The maximum atomic E-state index is 14.4. The Morgan fingerprint density at radius 3 is 2.52 bits per heavy atom. The molecular formula is C20H30F2N6O. The number of aromatic nitrogens is 2. The van der Waals surface area contributed by atoms with Gasteiger partial charge in [-0.15, -0.1) is 5.10 Å². The average Bonchev–Trinajstić information content (AvgIpc) is 3.61. The zero-order valence-electron chi connectivity index (χ0n) is 16.6. The number of anilines is 1. The summed E-state index contributed by atoms with van der Waals surface area (Å²) < 4.78 is 29.2. The van der Waals surface area contributed by atoms with E-state index in [1.165, 1.54) is 23.7 Å². The van der Waals surface area contributed by atoms with Gasteiger partial charge >= 0.3 is 0 Å². The minimum absolute atomic E-state index is 0.0680. The molecule has 3 aliphatic rings. The van der Waals surface area contributed by atoms with Gasteiger partial charge in [0, 0.05) is 13.0 Å². The molecule has 1 atom stereocenters. The van der Waals surface area contributed by atoms with Crippen LogP contribution in [0.3, 0.4) is 0 Å². The monoisotopic (exact) mass is 408 g/mol. The average molecular weight is 408 g/mol. The highest BCUT2D eigenvalue weighted by molar-refractivity contribution is 5.91. The lowest BCUT2D eigenvalue weighted by atomic mass is 9.86. The van der Waals surface area contributed by atoms with E-state index in [2.05, 4.69) is 20.8 Å². The van der Waals surface area contributed by atoms with Crippen LogP contribution in [0.15, 0.2) is 11.2 Å². The molecule has 9 heteroatoms. The predicted octanol–water partition coefficient (Wildman–Crippen LogP) is 3.10. The number of hydrogen-bond donors (Lipinski definition) is 3. The molecule has 1 aromatic rings. The number of carbonyl (C=O) groups excluding carboxylic acids is 1. The summed E-state index contributed by atoms with van der Waals surface area (Å²) in [5.41, 5.74) is 2.75. The quantitative estimate of drug-likeness (QED) is 0.266. The summed E-state index contributed by atoms with van der Waals surface area (Å²) in [5.74, 6) is 6.44. The second kappa shape index (κ2) is 8.77. The van der Waals surface area contributed by atoms with Gasteiger partial charge in [0.1, 0.15) is 23.7 Å². The van der Waals surface area contributed by atoms with Crippen LogP contribution in [-0.2, 0) is 4.79 Å². The Kier molecular flexibility index (Phi) is 6.12. The summed E-state index contributed by atoms with van der Waals surface area (Å²) in [6.45, 7) is 0.719. The molecule has 3 fully saturated rings. The van der Waals surface area contributed by atoms with E-state index < -0.39 is 12.1 Å². The van der Waals surface area contributed by atoms with Gasteiger partial charge in [0.15, 0.2) is 0 Å². The van der Waals surface area contributed by atoms with Crippen molar-refractivity contribution >= 4 is 17.4 Å². The number of hydrazine groups is 1. The van der Waals surface area contributed by atoms with Crippen molar-refractivity contribution in [1.29, 1.82) is 0 Å². The Bertz CT molecular complexity index is 750. The molecule has 0 aliphatic heterocycles. The number of rotatable bonds is 8. The van der Waals surface area contributed by atoms with E-state index in [0.717, 1.165) is 19.4 Å². The standard InChI is InChI=1S/C20H30F2N6O/c21-15-7-3-12(4-8-15)9-17(29)25-16-11-28(27-19(16)22)18(14-5-6-14)20(26-23)24-10-13-1-2-13/h11-15,18H,1-10,23H2,(H,24,26)(H,25,29). The van der Waals surface area contributed by atoms with E-state index in [1.54, 1.807) is 0 Å². The molecule has 1 heterocycles. The number of alkyl halides is 1. The van der Waals surface area contributed by atoms with Gasteiger partial charge in [0.25, 0.3) is 5.95 Å². The van der Waals surface area contributed by atoms with Gasteiger partial charge in [0.2, 0.25) is 5.91 Å². The van der Waals surface area contributed by atoms with Crippen LogP contribution in [0.4, 0.5) is 14.5 Å². The molecule has 0 aromatic carbocycles. The number of amidine groups is 1. The van der Waals surface area contributed by atoms with Gasteiger partial charge in [0.05, 0.1) is 6.20 Å². The lowest BCUT2D eigenvalue weighted by Gasteiger charge is -2.23. The number of carbonyl (C=O) groups is 1. The summed E-state index contributed by atoms with van der Waals surface area (Å²) >= 11 is 0. The number of amides is 1. The maximum Gasteiger partial charge on any atom is 0.256 e. The van der Waals surface area contributed by atoms with Gasteiger partial charge < -0.3 is 10.7 Å². The van der Waals surface area contributed by atoms with Crippen molar-refractivity contribution in [3.63, 3.8) is 0 Å². The van der Waals surface area contributed by atoms with Crippen LogP contribution in [0.5, 0.6) is 0 Å². The van der Waals surface area contributed by atoms with E-state index in [9.17, 15) is 13.6 Å². The van der Waals surface area contributed by atoms with E-state index in [-0.39, 0.29) is 30.0 Å². The van der Waals surface area contributed by atoms with Gasteiger partial charge in [-0.3, -0.25) is 14.5 Å². The predicted molar refractivity (Wildman–Crippen MR) is 106 cm³/mol. The summed E-state index contributed by atoms with van der Waals surface area (Å²) in [4.78, 5) is 17.0. The first-order valence-electron chi connectivity index (χ1n) is 10.7. The number of nitrogens with zero attached hydrogens (tertiary/aromatic N) is 3. The fourth-order valence-corrected chi connectivity index (χ4v) is 4.11. The Morgan fingerprint density at radius 1 is 1.21 bits per heavy atom. The highest BCUT2D eigenvalue weighted by Gasteiger charge is 2.37. The van der Waals surface area contributed by atoms with Crippen LogP contribution in [0.1, 0.15) is 63.8 Å². The Balaban J connectivity index is 1.41. The van der Waals surface area contributed by atoms with Crippen molar-refractivity contribution in [3.8, 4) is 0 Å². The van der Waals surface area contributed by atoms with Crippen molar-refractivity contribution in [2.75, 3.05) is 11.9 Å². The van der Waals surface area contributed by atoms with E-state index in [1.807, 2.05) is 0 Å². The molecule has 0 spiro atoms. The van der Waals surface area contributed by atoms with E-state index >= 15 is 0 Å². The smallest absolute Gasteiger partial charge is 0.256 e. The molecule has 0 bridgehead atoms. The first kappa shape index (κ1) is 20.3. The fourth-order valence-electron chi connectivity index (χ4n) is 4.11. The topological polar surface area (TPSA) is 97.3 Å².